The van der Waals surface area contributed by atoms with Gasteiger partial charge >= 0.3 is 0 Å². The summed E-state index contributed by atoms with van der Waals surface area (Å²) in [5.74, 6) is -0.292. The van der Waals surface area contributed by atoms with E-state index in [0.29, 0.717) is 13.0 Å². The van der Waals surface area contributed by atoms with Crippen LogP contribution in [-0.2, 0) is 14.6 Å². The van der Waals surface area contributed by atoms with Crippen molar-refractivity contribution in [3.63, 3.8) is 0 Å². The summed E-state index contributed by atoms with van der Waals surface area (Å²) in [5.41, 5.74) is 0.174. The van der Waals surface area contributed by atoms with Gasteiger partial charge in [-0.3, -0.25) is 4.79 Å². The van der Waals surface area contributed by atoms with Crippen LogP contribution in [0.4, 0.5) is 0 Å². The lowest BCUT2D eigenvalue weighted by Crippen LogP contribution is -2.53. The van der Waals surface area contributed by atoms with Crippen molar-refractivity contribution in [3.8, 4) is 0 Å². The molecule has 0 aromatic heterocycles. The number of piperidine rings is 1. The van der Waals surface area contributed by atoms with Gasteiger partial charge in [-0.1, -0.05) is 13.8 Å². The molecule has 2 unspecified atom stereocenters. The first-order valence-electron chi connectivity index (χ1n) is 7.02. The van der Waals surface area contributed by atoms with Gasteiger partial charge in [-0.2, -0.15) is 0 Å². The van der Waals surface area contributed by atoms with Crippen LogP contribution in [-0.4, -0.2) is 45.0 Å². The van der Waals surface area contributed by atoms with Crippen LogP contribution in [0.3, 0.4) is 0 Å². The Labute approximate surface area is 127 Å². The number of carbonyl (C=O) groups is 1. The minimum Gasteiger partial charge on any atom is -0.354 e. The predicted octanol–water partition coefficient (Wildman–Crippen LogP) is 0.737. The average Bonchev–Trinajstić information content (AvgIpc) is 2.67. The molecule has 2 N–H and O–H groups in total. The van der Waals surface area contributed by atoms with Crippen molar-refractivity contribution >= 4 is 28.2 Å². The predicted molar refractivity (Wildman–Crippen MR) is 81.8 cm³/mol. The first kappa shape index (κ1) is 17.7. The fraction of sp³-hybridized carbons (Fsp3) is 0.923. The number of hydrogen-bond acceptors (Lipinski definition) is 4. The standard InChI is InChI=1S/C13H24N2O3S.ClH/c1-13(2)5-3-6-14-11(13)8-15-12(16)10-4-7-19(17,18)9-10;/h10-11,14H,3-9H2,1-2H3,(H,15,16);1H. The van der Waals surface area contributed by atoms with Gasteiger partial charge in [-0.15, -0.1) is 12.4 Å². The normalized spacial score (nSPS) is 31.3. The summed E-state index contributed by atoms with van der Waals surface area (Å²) in [6.45, 7) is 5.98. The van der Waals surface area contributed by atoms with Gasteiger partial charge in [0.1, 0.15) is 0 Å². The molecule has 7 heteroatoms. The fourth-order valence-electron chi connectivity index (χ4n) is 2.97. The third-order valence-electron chi connectivity index (χ3n) is 4.42. The third-order valence-corrected chi connectivity index (χ3v) is 6.18. The van der Waals surface area contributed by atoms with Gasteiger partial charge in [0, 0.05) is 12.6 Å². The zero-order chi connectivity index (χ0) is 14.1. The van der Waals surface area contributed by atoms with Gasteiger partial charge in [-0.05, 0) is 31.2 Å². The van der Waals surface area contributed by atoms with Gasteiger partial charge in [0.15, 0.2) is 9.84 Å². The molecule has 2 heterocycles. The molecular weight excluding hydrogens is 300 g/mol. The minimum absolute atomic E-state index is 0. The maximum Gasteiger partial charge on any atom is 0.224 e. The van der Waals surface area contributed by atoms with Gasteiger partial charge in [0.2, 0.25) is 5.91 Å². The first-order valence-corrected chi connectivity index (χ1v) is 8.84. The largest absolute Gasteiger partial charge is 0.354 e. The molecule has 0 bridgehead atoms. The summed E-state index contributed by atoms with van der Waals surface area (Å²) < 4.78 is 22.7. The number of rotatable bonds is 3. The van der Waals surface area contributed by atoms with Gasteiger partial charge in [0.25, 0.3) is 0 Å². The van der Waals surface area contributed by atoms with E-state index in [9.17, 15) is 13.2 Å². The zero-order valence-corrected chi connectivity index (χ0v) is 13.8. The summed E-state index contributed by atoms with van der Waals surface area (Å²) in [5, 5.41) is 6.36. The van der Waals surface area contributed by atoms with Crippen LogP contribution < -0.4 is 10.6 Å². The Bertz CT molecular complexity index is 451. The maximum atomic E-state index is 12.0. The second-order valence-corrected chi connectivity index (χ2v) is 8.67. The van der Waals surface area contributed by atoms with Crippen molar-refractivity contribution < 1.29 is 13.2 Å². The Morgan fingerprint density at radius 2 is 2.10 bits per heavy atom. The molecule has 0 aromatic rings. The molecule has 2 aliphatic rings. The lowest BCUT2D eigenvalue weighted by atomic mass is 9.77. The van der Waals surface area contributed by atoms with Gasteiger partial charge in [0.05, 0.1) is 17.4 Å². The molecule has 0 spiro atoms. The molecule has 0 aromatic carbocycles. The van der Waals surface area contributed by atoms with E-state index in [4.69, 9.17) is 0 Å². The summed E-state index contributed by atoms with van der Waals surface area (Å²) in [4.78, 5) is 12.0. The molecule has 2 fully saturated rings. The highest BCUT2D eigenvalue weighted by molar-refractivity contribution is 7.91. The highest BCUT2D eigenvalue weighted by Crippen LogP contribution is 2.29. The number of carbonyl (C=O) groups excluding carboxylic acids is 1. The number of amides is 1. The summed E-state index contributed by atoms with van der Waals surface area (Å²) in [6, 6.07) is 0.267. The molecule has 20 heavy (non-hydrogen) atoms. The monoisotopic (exact) mass is 324 g/mol. The highest BCUT2D eigenvalue weighted by atomic mass is 35.5. The van der Waals surface area contributed by atoms with E-state index < -0.39 is 9.84 Å². The Balaban J connectivity index is 0.00000200. The Kier molecular flexibility index (Phi) is 5.87. The molecule has 2 atom stereocenters. The molecule has 1 amide bonds. The van der Waals surface area contributed by atoms with E-state index in [1.807, 2.05) is 0 Å². The van der Waals surface area contributed by atoms with Crippen molar-refractivity contribution in [2.75, 3.05) is 24.6 Å². The Morgan fingerprint density at radius 3 is 2.65 bits per heavy atom. The summed E-state index contributed by atoms with van der Waals surface area (Å²) in [7, 11) is -2.98. The number of halogens is 1. The fourth-order valence-corrected chi connectivity index (χ4v) is 4.71. The van der Waals surface area contributed by atoms with Crippen molar-refractivity contribution in [2.24, 2.45) is 11.3 Å². The van der Waals surface area contributed by atoms with Gasteiger partial charge in [-0.25, -0.2) is 8.42 Å². The van der Waals surface area contributed by atoms with E-state index >= 15 is 0 Å². The third kappa shape index (κ3) is 4.33. The van der Waals surface area contributed by atoms with E-state index in [-0.39, 0.29) is 47.2 Å². The van der Waals surface area contributed by atoms with E-state index in [2.05, 4.69) is 24.5 Å². The lowest BCUT2D eigenvalue weighted by molar-refractivity contribution is -0.124. The van der Waals surface area contributed by atoms with E-state index in [0.717, 1.165) is 19.4 Å². The number of sulfone groups is 1. The van der Waals surface area contributed by atoms with Crippen LogP contribution in [0.2, 0.25) is 0 Å². The van der Waals surface area contributed by atoms with Crippen LogP contribution in [0.1, 0.15) is 33.1 Å². The van der Waals surface area contributed by atoms with Crippen LogP contribution in [0.15, 0.2) is 0 Å². The van der Waals surface area contributed by atoms with Crippen LogP contribution in [0, 0.1) is 11.3 Å². The first-order chi connectivity index (χ1) is 8.80. The second-order valence-electron chi connectivity index (χ2n) is 6.44. The zero-order valence-electron chi connectivity index (χ0n) is 12.1. The van der Waals surface area contributed by atoms with Crippen molar-refractivity contribution in [1.82, 2.24) is 10.6 Å². The average molecular weight is 325 g/mol. The minimum atomic E-state index is -2.98. The van der Waals surface area contributed by atoms with E-state index in [1.54, 1.807) is 0 Å². The molecular formula is C13H25ClN2O3S. The van der Waals surface area contributed by atoms with Crippen molar-refractivity contribution in [2.45, 2.75) is 39.2 Å². The van der Waals surface area contributed by atoms with Crippen LogP contribution in [0.25, 0.3) is 0 Å². The Morgan fingerprint density at radius 1 is 1.40 bits per heavy atom. The van der Waals surface area contributed by atoms with Crippen LogP contribution >= 0.6 is 12.4 Å². The van der Waals surface area contributed by atoms with E-state index in [1.165, 1.54) is 0 Å². The second kappa shape index (κ2) is 6.62. The summed E-state index contributed by atoms with van der Waals surface area (Å²) in [6.07, 6.45) is 2.78. The highest BCUT2D eigenvalue weighted by Gasteiger charge is 2.35. The topological polar surface area (TPSA) is 75.3 Å². The lowest BCUT2D eigenvalue weighted by Gasteiger charge is -2.39. The molecule has 5 nitrogen and oxygen atoms in total. The molecule has 2 rings (SSSR count). The number of nitrogens with one attached hydrogen (secondary N) is 2. The Hall–Kier alpha value is -0.330. The number of hydrogen-bond donors (Lipinski definition) is 2. The molecule has 2 saturated heterocycles. The van der Waals surface area contributed by atoms with Crippen molar-refractivity contribution in [1.29, 1.82) is 0 Å². The van der Waals surface area contributed by atoms with Gasteiger partial charge < -0.3 is 10.6 Å². The molecule has 0 aliphatic carbocycles. The quantitative estimate of drug-likeness (QED) is 0.803. The van der Waals surface area contributed by atoms with Crippen LogP contribution in [0.5, 0.6) is 0 Å². The summed E-state index contributed by atoms with van der Waals surface area (Å²) >= 11 is 0. The molecule has 2 aliphatic heterocycles. The molecule has 0 saturated carbocycles. The molecule has 0 radical (unpaired) electrons. The smallest absolute Gasteiger partial charge is 0.224 e. The van der Waals surface area contributed by atoms with Crippen molar-refractivity contribution in [3.05, 3.63) is 0 Å². The maximum absolute atomic E-state index is 12.0. The molecule has 118 valence electrons. The SMILES string of the molecule is CC1(C)CCCNC1CNC(=O)C1CCS(=O)(=O)C1.Cl.